The fraction of sp³-hybridized carbons (Fsp3) is 0.778. The van der Waals surface area contributed by atoms with E-state index in [4.69, 9.17) is 10.4 Å². The van der Waals surface area contributed by atoms with Crippen LogP contribution in [-0.4, -0.2) is 22.7 Å². The summed E-state index contributed by atoms with van der Waals surface area (Å²) in [5.74, 6) is -1.09. The van der Waals surface area contributed by atoms with E-state index in [1.807, 2.05) is 0 Å². The number of nitrogens with zero attached hydrogens (tertiary/aromatic N) is 1. The minimum absolute atomic E-state index is 0.314. The maximum absolute atomic E-state index is 10.5. The van der Waals surface area contributed by atoms with E-state index < -0.39 is 11.5 Å². The van der Waals surface area contributed by atoms with Gasteiger partial charge in [0.2, 0.25) is 0 Å². The van der Waals surface area contributed by atoms with Gasteiger partial charge in [0.15, 0.2) is 0 Å². The summed E-state index contributed by atoms with van der Waals surface area (Å²) in [5, 5.41) is 20.8. The summed E-state index contributed by atoms with van der Waals surface area (Å²) in [6.45, 7) is 0. The van der Waals surface area contributed by atoms with Crippen molar-refractivity contribution >= 4 is 5.97 Å². The van der Waals surface area contributed by atoms with Gasteiger partial charge in [0.1, 0.15) is 5.54 Å². The van der Waals surface area contributed by atoms with Crippen LogP contribution in [0.5, 0.6) is 0 Å². The van der Waals surface area contributed by atoms with Crippen molar-refractivity contribution in [2.75, 3.05) is 0 Å². The van der Waals surface area contributed by atoms with Gasteiger partial charge >= 0.3 is 5.97 Å². The zero-order valence-corrected chi connectivity index (χ0v) is 7.29. The van der Waals surface area contributed by atoms with E-state index in [1.165, 1.54) is 0 Å². The van der Waals surface area contributed by atoms with Crippen LogP contribution < -0.4 is 5.32 Å². The van der Waals surface area contributed by atoms with E-state index in [2.05, 4.69) is 11.4 Å². The third-order valence-corrected chi connectivity index (χ3v) is 2.81. The molecule has 2 aliphatic rings. The van der Waals surface area contributed by atoms with Gasteiger partial charge in [-0.05, 0) is 25.7 Å². The van der Waals surface area contributed by atoms with Gasteiger partial charge in [-0.25, -0.2) is 0 Å². The number of hydrogen-bond donors (Lipinski definition) is 2. The van der Waals surface area contributed by atoms with Crippen molar-refractivity contribution in [2.24, 2.45) is 5.92 Å². The highest BCUT2D eigenvalue weighted by Gasteiger charge is 2.50. The van der Waals surface area contributed by atoms with Crippen LogP contribution in [0.3, 0.4) is 0 Å². The number of carboxylic acids is 1. The van der Waals surface area contributed by atoms with Crippen LogP contribution >= 0.6 is 0 Å². The lowest BCUT2D eigenvalue weighted by atomic mass is 9.69. The summed E-state index contributed by atoms with van der Waals surface area (Å²) >= 11 is 0. The van der Waals surface area contributed by atoms with Crippen molar-refractivity contribution < 1.29 is 9.90 Å². The molecule has 0 saturated heterocycles. The molecule has 70 valence electrons. The van der Waals surface area contributed by atoms with Gasteiger partial charge in [-0.2, -0.15) is 5.26 Å². The Morgan fingerprint density at radius 1 is 1.54 bits per heavy atom. The number of carboxylic acid groups (broad SMARTS) is 1. The summed E-state index contributed by atoms with van der Waals surface area (Å²) in [6.07, 6.45) is 3.19. The van der Waals surface area contributed by atoms with E-state index in [0.717, 1.165) is 12.8 Å². The van der Waals surface area contributed by atoms with Gasteiger partial charge in [-0.3, -0.25) is 10.1 Å². The molecule has 2 rings (SSSR count). The quantitative estimate of drug-likeness (QED) is 0.663. The Kier molecular flexibility index (Phi) is 1.77. The predicted octanol–water partition coefficient (Wildman–Crippen LogP) is 0.495. The van der Waals surface area contributed by atoms with Crippen LogP contribution in [0.15, 0.2) is 0 Å². The van der Waals surface area contributed by atoms with Crippen LogP contribution in [0.1, 0.15) is 25.7 Å². The van der Waals surface area contributed by atoms with Crippen molar-refractivity contribution in [3.8, 4) is 6.07 Å². The molecule has 4 nitrogen and oxygen atoms in total. The van der Waals surface area contributed by atoms with Gasteiger partial charge in [0.05, 0.1) is 12.0 Å². The molecule has 2 aliphatic carbocycles. The average molecular weight is 180 g/mol. The average Bonchev–Trinajstić information content (AvgIpc) is 2.78. The van der Waals surface area contributed by atoms with Crippen LogP contribution in [0, 0.1) is 17.2 Å². The Labute approximate surface area is 76.5 Å². The Morgan fingerprint density at radius 3 is 2.54 bits per heavy atom. The largest absolute Gasteiger partial charge is 0.481 e. The standard InChI is InChI=1S/C9H12N2O2/c10-5-9(11-7-1-2-7)3-6(4-9)8(12)13/h6-7,11H,1-4H2,(H,12,13). The van der Waals surface area contributed by atoms with E-state index in [1.54, 1.807) is 0 Å². The molecule has 2 N–H and O–H groups in total. The second kappa shape index (κ2) is 2.71. The van der Waals surface area contributed by atoms with Crippen molar-refractivity contribution in [1.82, 2.24) is 5.32 Å². The highest BCUT2D eigenvalue weighted by molar-refractivity contribution is 5.72. The fourth-order valence-electron chi connectivity index (χ4n) is 1.82. The number of nitrogens with one attached hydrogen (secondary N) is 1. The lowest BCUT2D eigenvalue weighted by Crippen LogP contribution is -2.56. The topological polar surface area (TPSA) is 73.1 Å². The smallest absolute Gasteiger partial charge is 0.306 e. The lowest BCUT2D eigenvalue weighted by Gasteiger charge is -2.41. The SMILES string of the molecule is N#CC1(NC2CC2)CC(C(=O)O)C1. The molecule has 0 aromatic rings. The van der Waals surface area contributed by atoms with Crippen molar-refractivity contribution in [3.05, 3.63) is 0 Å². The molecule has 0 aliphatic heterocycles. The maximum Gasteiger partial charge on any atom is 0.306 e. The van der Waals surface area contributed by atoms with E-state index in [0.29, 0.717) is 18.9 Å². The van der Waals surface area contributed by atoms with Crippen molar-refractivity contribution in [3.63, 3.8) is 0 Å². The molecule has 2 saturated carbocycles. The molecule has 0 aromatic heterocycles. The molecular weight excluding hydrogens is 168 g/mol. The fourth-order valence-corrected chi connectivity index (χ4v) is 1.82. The number of nitriles is 1. The first kappa shape index (κ1) is 8.52. The van der Waals surface area contributed by atoms with Gasteiger partial charge in [0, 0.05) is 6.04 Å². The summed E-state index contributed by atoms with van der Waals surface area (Å²) in [6, 6.07) is 2.66. The monoisotopic (exact) mass is 180 g/mol. The molecule has 0 bridgehead atoms. The summed E-state index contributed by atoms with van der Waals surface area (Å²) < 4.78 is 0. The van der Waals surface area contributed by atoms with Gasteiger partial charge in [-0.15, -0.1) is 0 Å². The molecule has 0 unspecified atom stereocenters. The molecule has 0 heterocycles. The Morgan fingerprint density at radius 2 is 2.15 bits per heavy atom. The Hall–Kier alpha value is -1.08. The van der Waals surface area contributed by atoms with Gasteiger partial charge in [0.25, 0.3) is 0 Å². The second-order valence-corrected chi connectivity index (χ2v) is 4.06. The second-order valence-electron chi connectivity index (χ2n) is 4.06. The molecule has 0 radical (unpaired) electrons. The molecule has 0 spiro atoms. The third-order valence-electron chi connectivity index (χ3n) is 2.81. The molecular formula is C9H12N2O2. The van der Waals surface area contributed by atoms with E-state index in [9.17, 15) is 4.79 Å². The summed E-state index contributed by atoms with van der Waals surface area (Å²) in [4.78, 5) is 10.5. The highest BCUT2D eigenvalue weighted by Crippen LogP contribution is 2.40. The van der Waals surface area contributed by atoms with E-state index in [-0.39, 0.29) is 5.92 Å². The minimum atomic E-state index is -0.775. The van der Waals surface area contributed by atoms with Crippen molar-refractivity contribution in [2.45, 2.75) is 37.3 Å². The number of hydrogen-bond acceptors (Lipinski definition) is 3. The number of aliphatic carboxylic acids is 1. The first-order valence-electron chi connectivity index (χ1n) is 4.57. The number of rotatable bonds is 3. The van der Waals surface area contributed by atoms with Crippen LogP contribution in [0.4, 0.5) is 0 Å². The normalized spacial score (nSPS) is 37.6. The van der Waals surface area contributed by atoms with Gasteiger partial charge < -0.3 is 5.11 Å². The molecule has 0 atom stereocenters. The Bertz CT molecular complexity index is 272. The highest BCUT2D eigenvalue weighted by atomic mass is 16.4. The minimum Gasteiger partial charge on any atom is -0.481 e. The summed E-state index contributed by atoms with van der Waals surface area (Å²) in [7, 11) is 0. The van der Waals surface area contributed by atoms with Crippen LogP contribution in [0.2, 0.25) is 0 Å². The molecule has 0 amide bonds. The predicted molar refractivity (Wildman–Crippen MR) is 44.9 cm³/mol. The lowest BCUT2D eigenvalue weighted by molar-refractivity contribution is -0.146. The first-order valence-corrected chi connectivity index (χ1v) is 4.57. The molecule has 4 heteroatoms. The maximum atomic E-state index is 10.5. The van der Waals surface area contributed by atoms with Crippen LogP contribution in [-0.2, 0) is 4.79 Å². The van der Waals surface area contributed by atoms with Gasteiger partial charge in [-0.1, -0.05) is 0 Å². The molecule has 13 heavy (non-hydrogen) atoms. The van der Waals surface area contributed by atoms with Crippen molar-refractivity contribution in [1.29, 1.82) is 5.26 Å². The zero-order valence-electron chi connectivity index (χ0n) is 7.29. The van der Waals surface area contributed by atoms with E-state index >= 15 is 0 Å². The third kappa shape index (κ3) is 1.52. The zero-order chi connectivity index (χ0) is 9.47. The Balaban J connectivity index is 1.90. The molecule has 2 fully saturated rings. The first-order chi connectivity index (χ1) is 6.15. The van der Waals surface area contributed by atoms with Crippen LogP contribution in [0.25, 0.3) is 0 Å². The number of carbonyl (C=O) groups is 1. The molecule has 0 aromatic carbocycles. The summed E-state index contributed by atoms with van der Waals surface area (Å²) in [5.41, 5.74) is -0.524.